The first-order valence-electron chi connectivity index (χ1n) is 6.19. The van der Waals surface area contributed by atoms with E-state index in [1.165, 1.54) is 0 Å². The first-order chi connectivity index (χ1) is 8.76. The van der Waals surface area contributed by atoms with Crippen molar-refractivity contribution in [3.8, 4) is 11.4 Å². The molecule has 0 unspecified atom stereocenters. The Balaban J connectivity index is 2.30. The van der Waals surface area contributed by atoms with Crippen molar-refractivity contribution in [3.63, 3.8) is 0 Å². The van der Waals surface area contributed by atoms with Gasteiger partial charge in [0.2, 0.25) is 0 Å². The zero-order chi connectivity index (χ0) is 13.0. The molecule has 2 N–H and O–H groups in total. The number of nitrogen functional groups attached to an aromatic ring is 1. The van der Waals surface area contributed by atoms with Crippen LogP contribution in [0.15, 0.2) is 24.3 Å². The van der Waals surface area contributed by atoms with E-state index in [2.05, 4.69) is 17.2 Å². The summed E-state index contributed by atoms with van der Waals surface area (Å²) in [4.78, 5) is 0. The van der Waals surface area contributed by atoms with Crippen molar-refractivity contribution in [3.05, 3.63) is 30.0 Å². The lowest BCUT2D eigenvalue weighted by atomic mass is 10.2. The van der Waals surface area contributed by atoms with Gasteiger partial charge in [-0.1, -0.05) is 18.6 Å². The van der Waals surface area contributed by atoms with E-state index in [0.29, 0.717) is 12.4 Å². The second kappa shape index (κ2) is 5.53. The molecule has 2 rings (SSSR count). The lowest BCUT2D eigenvalue weighted by Crippen LogP contribution is -2.03. The van der Waals surface area contributed by atoms with E-state index < -0.39 is 0 Å². The van der Waals surface area contributed by atoms with Crippen molar-refractivity contribution in [2.24, 2.45) is 0 Å². The summed E-state index contributed by atoms with van der Waals surface area (Å²) in [6.45, 7) is 4.73. The number of hydrogen-bond donors (Lipinski definition) is 1. The van der Waals surface area contributed by atoms with Crippen LogP contribution in [0, 0.1) is 0 Å². The second-order valence-electron chi connectivity index (χ2n) is 4.01. The van der Waals surface area contributed by atoms with Crippen molar-refractivity contribution in [2.75, 3.05) is 12.3 Å². The van der Waals surface area contributed by atoms with E-state index in [1.54, 1.807) is 4.68 Å². The number of aromatic nitrogens is 3. The van der Waals surface area contributed by atoms with Gasteiger partial charge in [0, 0.05) is 0 Å². The molecule has 0 aliphatic heterocycles. The average Bonchev–Trinajstić information content (AvgIpc) is 2.73. The van der Waals surface area contributed by atoms with Gasteiger partial charge in [-0.25, -0.2) is 4.68 Å². The fourth-order valence-corrected chi connectivity index (χ4v) is 1.84. The van der Waals surface area contributed by atoms with Crippen LogP contribution in [0.25, 0.3) is 5.69 Å². The molecule has 0 saturated carbocycles. The van der Waals surface area contributed by atoms with Gasteiger partial charge in [0.25, 0.3) is 0 Å². The van der Waals surface area contributed by atoms with E-state index in [0.717, 1.165) is 30.0 Å². The highest BCUT2D eigenvalue weighted by molar-refractivity contribution is 5.43. The quantitative estimate of drug-likeness (QED) is 0.878. The van der Waals surface area contributed by atoms with Crippen molar-refractivity contribution >= 4 is 5.82 Å². The minimum atomic E-state index is 0.505. The zero-order valence-electron chi connectivity index (χ0n) is 10.8. The van der Waals surface area contributed by atoms with Crippen LogP contribution in [-0.4, -0.2) is 21.6 Å². The SMILES string of the molecule is CCCc1c(N)nnn1-c1ccc(OCC)cc1. The van der Waals surface area contributed by atoms with Gasteiger partial charge in [0.15, 0.2) is 5.82 Å². The van der Waals surface area contributed by atoms with Gasteiger partial charge in [0.1, 0.15) is 5.75 Å². The molecule has 0 atom stereocenters. The monoisotopic (exact) mass is 246 g/mol. The summed E-state index contributed by atoms with van der Waals surface area (Å²) < 4.78 is 7.20. The molecule has 2 aromatic rings. The van der Waals surface area contributed by atoms with Crippen molar-refractivity contribution in [1.29, 1.82) is 0 Å². The van der Waals surface area contributed by atoms with Crippen molar-refractivity contribution in [2.45, 2.75) is 26.7 Å². The topological polar surface area (TPSA) is 66.0 Å². The first-order valence-corrected chi connectivity index (χ1v) is 6.19. The summed E-state index contributed by atoms with van der Waals surface area (Å²) in [7, 11) is 0. The predicted molar refractivity (Wildman–Crippen MR) is 70.9 cm³/mol. The average molecular weight is 246 g/mol. The van der Waals surface area contributed by atoms with Gasteiger partial charge in [-0.15, -0.1) is 5.10 Å². The summed E-state index contributed by atoms with van der Waals surface area (Å²) in [5.41, 5.74) is 7.73. The molecular weight excluding hydrogens is 228 g/mol. The maximum absolute atomic E-state index is 5.82. The molecule has 5 nitrogen and oxygen atoms in total. The summed E-state index contributed by atoms with van der Waals surface area (Å²) in [6, 6.07) is 7.76. The third kappa shape index (κ3) is 2.45. The zero-order valence-corrected chi connectivity index (χ0v) is 10.8. The van der Waals surface area contributed by atoms with Crippen LogP contribution < -0.4 is 10.5 Å². The normalized spacial score (nSPS) is 10.6. The minimum Gasteiger partial charge on any atom is -0.494 e. The maximum Gasteiger partial charge on any atom is 0.169 e. The molecule has 0 fully saturated rings. The molecule has 18 heavy (non-hydrogen) atoms. The molecular formula is C13H18N4O. The Hall–Kier alpha value is -2.04. The van der Waals surface area contributed by atoms with E-state index in [4.69, 9.17) is 10.5 Å². The Bertz CT molecular complexity index is 504. The summed E-state index contributed by atoms with van der Waals surface area (Å²) in [5.74, 6) is 1.36. The Labute approximate surface area is 107 Å². The first kappa shape index (κ1) is 12.4. The highest BCUT2D eigenvalue weighted by atomic mass is 16.5. The number of hydrogen-bond acceptors (Lipinski definition) is 4. The Morgan fingerprint density at radius 1 is 1.22 bits per heavy atom. The number of rotatable bonds is 5. The van der Waals surface area contributed by atoms with Crippen molar-refractivity contribution in [1.82, 2.24) is 15.0 Å². The van der Waals surface area contributed by atoms with Gasteiger partial charge >= 0.3 is 0 Å². The van der Waals surface area contributed by atoms with Crippen LogP contribution in [0.2, 0.25) is 0 Å². The Kier molecular flexibility index (Phi) is 3.82. The molecule has 1 aromatic heterocycles. The summed E-state index contributed by atoms with van der Waals surface area (Å²) in [5, 5.41) is 8.01. The van der Waals surface area contributed by atoms with Crippen LogP contribution in [-0.2, 0) is 6.42 Å². The number of nitrogens with zero attached hydrogens (tertiary/aromatic N) is 3. The fourth-order valence-electron chi connectivity index (χ4n) is 1.84. The highest BCUT2D eigenvalue weighted by Crippen LogP contribution is 2.19. The molecule has 1 aromatic carbocycles. The minimum absolute atomic E-state index is 0.505. The third-order valence-corrected chi connectivity index (χ3v) is 2.67. The van der Waals surface area contributed by atoms with Gasteiger partial charge in [-0.3, -0.25) is 0 Å². The maximum atomic E-state index is 5.82. The summed E-state index contributed by atoms with van der Waals surface area (Å²) in [6.07, 6.45) is 1.88. The Morgan fingerprint density at radius 3 is 2.56 bits per heavy atom. The van der Waals surface area contributed by atoms with Crippen LogP contribution in [0.1, 0.15) is 26.0 Å². The lowest BCUT2D eigenvalue weighted by Gasteiger charge is -2.07. The lowest BCUT2D eigenvalue weighted by molar-refractivity contribution is 0.340. The standard InChI is InChI=1S/C13H18N4O/c1-3-5-12-13(14)15-16-17(12)10-6-8-11(9-7-10)18-4-2/h6-9H,3-5,14H2,1-2H3. The van der Waals surface area contributed by atoms with E-state index in [1.807, 2.05) is 31.2 Å². The molecule has 96 valence electrons. The van der Waals surface area contributed by atoms with Gasteiger partial charge in [-0.2, -0.15) is 0 Å². The number of benzene rings is 1. The largest absolute Gasteiger partial charge is 0.494 e. The molecule has 5 heteroatoms. The molecule has 0 saturated heterocycles. The Morgan fingerprint density at radius 2 is 1.94 bits per heavy atom. The smallest absolute Gasteiger partial charge is 0.169 e. The van der Waals surface area contributed by atoms with Gasteiger partial charge in [-0.05, 0) is 37.6 Å². The van der Waals surface area contributed by atoms with Crippen LogP contribution in [0.4, 0.5) is 5.82 Å². The number of anilines is 1. The highest BCUT2D eigenvalue weighted by Gasteiger charge is 2.10. The third-order valence-electron chi connectivity index (χ3n) is 2.67. The van der Waals surface area contributed by atoms with Crippen LogP contribution >= 0.6 is 0 Å². The van der Waals surface area contributed by atoms with E-state index in [-0.39, 0.29) is 0 Å². The number of ether oxygens (including phenoxy) is 1. The predicted octanol–water partition coefficient (Wildman–Crippen LogP) is 2.20. The van der Waals surface area contributed by atoms with E-state index >= 15 is 0 Å². The molecule has 0 bridgehead atoms. The number of nitrogens with two attached hydrogens (primary N) is 1. The molecule has 0 amide bonds. The van der Waals surface area contributed by atoms with Crippen LogP contribution in [0.3, 0.4) is 0 Å². The molecule has 0 spiro atoms. The fraction of sp³-hybridized carbons (Fsp3) is 0.385. The molecule has 1 heterocycles. The van der Waals surface area contributed by atoms with Crippen molar-refractivity contribution < 1.29 is 4.74 Å². The van der Waals surface area contributed by atoms with Crippen LogP contribution in [0.5, 0.6) is 5.75 Å². The van der Waals surface area contributed by atoms with E-state index in [9.17, 15) is 0 Å². The second-order valence-corrected chi connectivity index (χ2v) is 4.01. The summed E-state index contributed by atoms with van der Waals surface area (Å²) >= 11 is 0. The molecule has 0 aliphatic carbocycles. The van der Waals surface area contributed by atoms with Gasteiger partial charge < -0.3 is 10.5 Å². The molecule has 0 aliphatic rings. The van der Waals surface area contributed by atoms with Gasteiger partial charge in [0.05, 0.1) is 18.0 Å². The molecule has 0 radical (unpaired) electrons.